The second-order valence-corrected chi connectivity index (χ2v) is 5.33. The SMILES string of the molecule is COc1cccc(OCc2cc(N3CCOCC3)nc(C)n2)c1. The van der Waals surface area contributed by atoms with Crippen LogP contribution in [-0.4, -0.2) is 43.4 Å². The second kappa shape index (κ2) is 7.28. The Labute approximate surface area is 136 Å². The van der Waals surface area contributed by atoms with E-state index >= 15 is 0 Å². The predicted octanol–water partition coefficient (Wildman–Crippen LogP) is 2.21. The molecule has 6 heteroatoms. The van der Waals surface area contributed by atoms with E-state index < -0.39 is 0 Å². The van der Waals surface area contributed by atoms with Crippen LogP contribution in [-0.2, 0) is 11.3 Å². The normalized spacial score (nSPS) is 14.6. The van der Waals surface area contributed by atoms with Gasteiger partial charge in [-0.05, 0) is 19.1 Å². The van der Waals surface area contributed by atoms with Gasteiger partial charge in [0.15, 0.2) is 0 Å². The van der Waals surface area contributed by atoms with E-state index in [0.29, 0.717) is 6.61 Å². The highest BCUT2D eigenvalue weighted by molar-refractivity contribution is 5.40. The van der Waals surface area contributed by atoms with Crippen molar-refractivity contribution in [3.05, 3.63) is 41.9 Å². The molecule has 0 aliphatic carbocycles. The first-order chi connectivity index (χ1) is 11.2. The molecule has 1 saturated heterocycles. The molecule has 2 aromatic rings. The van der Waals surface area contributed by atoms with Crippen LogP contribution in [0.1, 0.15) is 11.5 Å². The van der Waals surface area contributed by atoms with Gasteiger partial charge in [-0.3, -0.25) is 0 Å². The molecule has 3 rings (SSSR count). The van der Waals surface area contributed by atoms with Crippen LogP contribution in [0.3, 0.4) is 0 Å². The van der Waals surface area contributed by atoms with Gasteiger partial charge in [0.1, 0.15) is 29.7 Å². The van der Waals surface area contributed by atoms with Crippen molar-refractivity contribution < 1.29 is 14.2 Å². The molecule has 1 aromatic heterocycles. The molecule has 23 heavy (non-hydrogen) atoms. The van der Waals surface area contributed by atoms with Crippen molar-refractivity contribution in [1.82, 2.24) is 9.97 Å². The zero-order valence-corrected chi connectivity index (χ0v) is 13.5. The number of hydrogen-bond donors (Lipinski definition) is 0. The van der Waals surface area contributed by atoms with Gasteiger partial charge < -0.3 is 19.1 Å². The first kappa shape index (κ1) is 15.6. The Morgan fingerprint density at radius 1 is 1.13 bits per heavy atom. The van der Waals surface area contributed by atoms with Gasteiger partial charge in [0.2, 0.25) is 0 Å². The van der Waals surface area contributed by atoms with E-state index in [2.05, 4.69) is 14.9 Å². The van der Waals surface area contributed by atoms with Crippen LogP contribution in [0.2, 0.25) is 0 Å². The fourth-order valence-electron chi connectivity index (χ4n) is 2.49. The number of nitrogens with zero attached hydrogens (tertiary/aromatic N) is 3. The lowest BCUT2D eigenvalue weighted by Gasteiger charge is -2.28. The molecule has 6 nitrogen and oxygen atoms in total. The molecule has 0 amide bonds. The van der Waals surface area contributed by atoms with Crippen molar-refractivity contribution in [3.8, 4) is 11.5 Å². The second-order valence-electron chi connectivity index (χ2n) is 5.33. The summed E-state index contributed by atoms with van der Waals surface area (Å²) >= 11 is 0. The minimum atomic E-state index is 0.397. The zero-order valence-electron chi connectivity index (χ0n) is 13.5. The van der Waals surface area contributed by atoms with Gasteiger partial charge in [-0.25, -0.2) is 9.97 Å². The van der Waals surface area contributed by atoms with Gasteiger partial charge in [-0.2, -0.15) is 0 Å². The van der Waals surface area contributed by atoms with Crippen molar-refractivity contribution >= 4 is 5.82 Å². The molecule has 1 aliphatic heterocycles. The lowest BCUT2D eigenvalue weighted by molar-refractivity contribution is 0.122. The molecule has 0 radical (unpaired) electrons. The van der Waals surface area contributed by atoms with Crippen LogP contribution in [0.15, 0.2) is 30.3 Å². The summed E-state index contributed by atoms with van der Waals surface area (Å²) in [7, 11) is 1.64. The number of aryl methyl sites for hydroxylation is 1. The summed E-state index contributed by atoms with van der Waals surface area (Å²) in [6.07, 6.45) is 0. The van der Waals surface area contributed by atoms with Crippen LogP contribution in [0.4, 0.5) is 5.82 Å². The summed E-state index contributed by atoms with van der Waals surface area (Å²) in [6, 6.07) is 9.53. The highest BCUT2D eigenvalue weighted by Crippen LogP contribution is 2.20. The Bertz CT molecular complexity index is 657. The third-order valence-corrected chi connectivity index (χ3v) is 3.64. The molecule has 0 saturated carbocycles. The highest BCUT2D eigenvalue weighted by atomic mass is 16.5. The Kier molecular flexibility index (Phi) is 4.92. The zero-order chi connectivity index (χ0) is 16.1. The van der Waals surface area contributed by atoms with E-state index in [1.165, 1.54) is 0 Å². The maximum atomic E-state index is 5.82. The number of benzene rings is 1. The Morgan fingerprint density at radius 2 is 1.91 bits per heavy atom. The topological polar surface area (TPSA) is 56.7 Å². The maximum absolute atomic E-state index is 5.82. The Morgan fingerprint density at radius 3 is 2.70 bits per heavy atom. The molecule has 0 spiro atoms. The molecular formula is C17H21N3O3. The summed E-state index contributed by atoms with van der Waals surface area (Å²) in [6.45, 7) is 5.48. The highest BCUT2D eigenvalue weighted by Gasteiger charge is 2.14. The van der Waals surface area contributed by atoms with Crippen LogP contribution < -0.4 is 14.4 Å². The van der Waals surface area contributed by atoms with Crippen molar-refractivity contribution in [2.75, 3.05) is 38.3 Å². The fraction of sp³-hybridized carbons (Fsp3) is 0.412. The van der Waals surface area contributed by atoms with Gasteiger partial charge in [-0.15, -0.1) is 0 Å². The minimum absolute atomic E-state index is 0.397. The largest absolute Gasteiger partial charge is 0.497 e. The number of morpholine rings is 1. The third-order valence-electron chi connectivity index (χ3n) is 3.64. The fourth-order valence-corrected chi connectivity index (χ4v) is 2.49. The summed E-state index contributed by atoms with van der Waals surface area (Å²) < 4.78 is 16.4. The first-order valence-electron chi connectivity index (χ1n) is 7.69. The van der Waals surface area contributed by atoms with Crippen LogP contribution in [0, 0.1) is 6.92 Å². The summed E-state index contributed by atoms with van der Waals surface area (Å²) in [5.41, 5.74) is 0.863. The summed E-state index contributed by atoms with van der Waals surface area (Å²) in [5, 5.41) is 0. The number of methoxy groups -OCH3 is 1. The maximum Gasteiger partial charge on any atom is 0.132 e. The minimum Gasteiger partial charge on any atom is -0.497 e. The van der Waals surface area contributed by atoms with Gasteiger partial charge in [0.25, 0.3) is 0 Å². The number of hydrogen-bond acceptors (Lipinski definition) is 6. The average molecular weight is 315 g/mol. The molecule has 1 aromatic carbocycles. The van der Waals surface area contributed by atoms with E-state index in [1.54, 1.807) is 7.11 Å². The van der Waals surface area contributed by atoms with E-state index in [9.17, 15) is 0 Å². The standard InChI is InChI=1S/C17H21N3O3/c1-13-18-14(10-17(19-13)20-6-8-22-9-7-20)12-23-16-5-3-4-15(11-16)21-2/h3-5,10-11H,6-9,12H2,1-2H3. The lowest BCUT2D eigenvalue weighted by Crippen LogP contribution is -2.37. The Hall–Kier alpha value is -2.34. The summed E-state index contributed by atoms with van der Waals surface area (Å²) in [5.74, 6) is 3.21. The van der Waals surface area contributed by atoms with Crippen LogP contribution >= 0.6 is 0 Å². The van der Waals surface area contributed by atoms with E-state index in [1.807, 2.05) is 37.3 Å². The van der Waals surface area contributed by atoms with Crippen LogP contribution in [0.5, 0.6) is 11.5 Å². The quantitative estimate of drug-likeness (QED) is 0.843. The van der Waals surface area contributed by atoms with Gasteiger partial charge in [-0.1, -0.05) is 6.07 Å². The van der Waals surface area contributed by atoms with Gasteiger partial charge in [0, 0.05) is 25.2 Å². The number of ether oxygens (including phenoxy) is 3. The van der Waals surface area contributed by atoms with E-state index in [4.69, 9.17) is 14.2 Å². The van der Waals surface area contributed by atoms with Crippen molar-refractivity contribution in [2.24, 2.45) is 0 Å². The predicted molar refractivity (Wildman–Crippen MR) is 87.1 cm³/mol. The van der Waals surface area contributed by atoms with Crippen LogP contribution in [0.25, 0.3) is 0 Å². The molecular weight excluding hydrogens is 294 g/mol. The molecule has 1 aliphatic rings. The smallest absolute Gasteiger partial charge is 0.132 e. The third kappa shape index (κ3) is 4.10. The van der Waals surface area contributed by atoms with Gasteiger partial charge in [0.05, 0.1) is 26.0 Å². The number of aromatic nitrogens is 2. The number of anilines is 1. The Balaban J connectivity index is 1.70. The van der Waals surface area contributed by atoms with Crippen molar-refractivity contribution in [3.63, 3.8) is 0 Å². The molecule has 2 heterocycles. The lowest BCUT2D eigenvalue weighted by atomic mass is 10.3. The molecule has 0 N–H and O–H groups in total. The monoisotopic (exact) mass is 315 g/mol. The van der Waals surface area contributed by atoms with Crippen molar-refractivity contribution in [1.29, 1.82) is 0 Å². The summed E-state index contributed by atoms with van der Waals surface area (Å²) in [4.78, 5) is 11.2. The number of rotatable bonds is 5. The van der Waals surface area contributed by atoms with Crippen molar-refractivity contribution in [2.45, 2.75) is 13.5 Å². The molecule has 0 bridgehead atoms. The molecule has 122 valence electrons. The van der Waals surface area contributed by atoms with E-state index in [-0.39, 0.29) is 0 Å². The first-order valence-corrected chi connectivity index (χ1v) is 7.69. The molecule has 0 unspecified atom stereocenters. The average Bonchev–Trinajstić information content (AvgIpc) is 2.60. The van der Waals surface area contributed by atoms with Gasteiger partial charge >= 0.3 is 0 Å². The molecule has 1 fully saturated rings. The van der Waals surface area contributed by atoms with E-state index in [0.717, 1.165) is 55.1 Å². The molecule has 0 atom stereocenters.